The number of ether oxygens (including phenoxy) is 3. The van der Waals surface area contributed by atoms with E-state index >= 15 is 0 Å². The van der Waals surface area contributed by atoms with Gasteiger partial charge in [-0.25, -0.2) is 0 Å². The molecule has 0 aromatic heterocycles. The van der Waals surface area contributed by atoms with Gasteiger partial charge in [-0.05, 0) is 18.6 Å². The van der Waals surface area contributed by atoms with Gasteiger partial charge in [0.1, 0.15) is 26.5 Å². The molecule has 0 heterocycles. The SMILES string of the molecule is COC(OC)[Si]CCCOc1ccc(O)cc1[P+](C)(C)C.[Br-]. The Morgan fingerprint density at radius 1 is 1.18 bits per heavy atom. The average Bonchev–Trinajstić information content (AvgIpc) is 2.43. The number of phenols is 1. The van der Waals surface area contributed by atoms with Gasteiger partial charge in [0.15, 0.2) is 5.75 Å². The molecule has 2 radical (unpaired) electrons. The molecule has 1 aromatic rings. The van der Waals surface area contributed by atoms with Gasteiger partial charge in [0.05, 0.1) is 26.6 Å². The lowest BCUT2D eigenvalue weighted by molar-refractivity contribution is -0.0441. The topological polar surface area (TPSA) is 47.9 Å². The highest BCUT2D eigenvalue weighted by atomic mass is 79.9. The zero-order valence-corrected chi connectivity index (χ0v) is 17.4. The van der Waals surface area contributed by atoms with E-state index in [-0.39, 0.29) is 22.9 Å². The maximum Gasteiger partial charge on any atom is 0.161 e. The summed E-state index contributed by atoms with van der Waals surface area (Å²) in [4.78, 5) is 0. The number of aromatic hydroxyl groups is 1. The lowest BCUT2D eigenvalue weighted by atomic mass is 10.3. The van der Waals surface area contributed by atoms with Crippen LogP contribution in [0.2, 0.25) is 6.04 Å². The van der Waals surface area contributed by atoms with Gasteiger partial charge >= 0.3 is 0 Å². The standard InChI is InChI=1S/C15H25O4PSi.BrH/c1-17-15(18-2)21-10-6-9-19-13-8-7-12(16)11-14(13)20(3,4)5;/h7-8,11,15H,6,9-10H2,1-5H3;1H. The second-order valence-electron chi connectivity index (χ2n) is 5.62. The van der Waals surface area contributed by atoms with Gasteiger partial charge in [-0.1, -0.05) is 6.04 Å². The van der Waals surface area contributed by atoms with Crippen molar-refractivity contribution in [2.24, 2.45) is 0 Å². The van der Waals surface area contributed by atoms with E-state index in [0.29, 0.717) is 21.9 Å². The molecule has 126 valence electrons. The summed E-state index contributed by atoms with van der Waals surface area (Å²) in [6.07, 6.45) is 0.963. The normalized spacial score (nSPS) is 11.4. The Kier molecular flexibility index (Phi) is 10.5. The molecule has 0 saturated carbocycles. The molecule has 4 nitrogen and oxygen atoms in total. The third-order valence-electron chi connectivity index (χ3n) is 2.98. The lowest BCUT2D eigenvalue weighted by Crippen LogP contribution is -3.00. The van der Waals surface area contributed by atoms with Gasteiger partial charge in [0.2, 0.25) is 0 Å². The summed E-state index contributed by atoms with van der Waals surface area (Å²) in [5.41, 5.74) is 0. The molecule has 0 aliphatic rings. The van der Waals surface area contributed by atoms with Crippen molar-refractivity contribution in [3.05, 3.63) is 18.2 Å². The van der Waals surface area contributed by atoms with E-state index in [1.807, 2.05) is 12.1 Å². The van der Waals surface area contributed by atoms with Crippen LogP contribution in [0.3, 0.4) is 0 Å². The monoisotopic (exact) mass is 408 g/mol. The predicted molar refractivity (Wildman–Crippen MR) is 90.9 cm³/mol. The zero-order valence-electron chi connectivity index (χ0n) is 13.9. The van der Waals surface area contributed by atoms with Crippen molar-refractivity contribution < 1.29 is 36.3 Å². The molecule has 0 aliphatic carbocycles. The quantitative estimate of drug-likeness (QED) is 0.256. The molecule has 0 aliphatic heterocycles. The zero-order chi connectivity index (χ0) is 15.9. The minimum Gasteiger partial charge on any atom is -1.00 e. The maximum absolute atomic E-state index is 9.66. The van der Waals surface area contributed by atoms with Gasteiger partial charge in [-0.3, -0.25) is 0 Å². The van der Waals surface area contributed by atoms with Gasteiger partial charge in [-0.15, -0.1) is 0 Å². The number of halogens is 1. The summed E-state index contributed by atoms with van der Waals surface area (Å²) in [6, 6.07) is 6.40. The van der Waals surface area contributed by atoms with Gasteiger partial charge in [-0.2, -0.15) is 0 Å². The summed E-state index contributed by atoms with van der Waals surface area (Å²) in [6.45, 7) is 7.33. The van der Waals surface area contributed by atoms with E-state index in [1.165, 1.54) is 0 Å². The third-order valence-corrected chi connectivity index (χ3v) is 6.22. The number of hydrogen-bond acceptors (Lipinski definition) is 4. The fourth-order valence-electron chi connectivity index (χ4n) is 1.89. The molecule has 7 heteroatoms. The number of rotatable bonds is 9. The summed E-state index contributed by atoms with van der Waals surface area (Å²) in [5, 5.41) is 10.8. The maximum atomic E-state index is 9.66. The van der Waals surface area contributed by atoms with Crippen molar-refractivity contribution in [3.63, 3.8) is 0 Å². The van der Waals surface area contributed by atoms with E-state index in [2.05, 4.69) is 20.0 Å². The van der Waals surface area contributed by atoms with Crippen molar-refractivity contribution in [3.8, 4) is 11.5 Å². The molecule has 0 bridgehead atoms. The summed E-state index contributed by atoms with van der Waals surface area (Å²) >= 11 is 0. The number of methoxy groups -OCH3 is 2. The smallest absolute Gasteiger partial charge is 0.161 e. The Morgan fingerprint density at radius 3 is 2.36 bits per heavy atom. The fraction of sp³-hybridized carbons (Fsp3) is 0.600. The minimum atomic E-state index is -1.24. The molecule has 1 aromatic carbocycles. The Bertz CT molecular complexity index is 436. The molecular formula is C15H26BrO4PSi. The van der Waals surface area contributed by atoms with Crippen molar-refractivity contribution in [2.75, 3.05) is 40.8 Å². The molecule has 1 rings (SSSR count). The highest BCUT2D eigenvalue weighted by Gasteiger charge is 2.26. The molecule has 0 unspecified atom stereocenters. The minimum absolute atomic E-state index is 0. The molecule has 0 spiro atoms. The first-order valence-electron chi connectivity index (χ1n) is 6.95. The summed E-state index contributed by atoms with van der Waals surface area (Å²) < 4.78 is 16.2. The second-order valence-corrected chi connectivity index (χ2v) is 11.5. The van der Waals surface area contributed by atoms with Crippen molar-refractivity contribution >= 4 is 22.1 Å². The Morgan fingerprint density at radius 2 is 1.82 bits per heavy atom. The van der Waals surface area contributed by atoms with Crippen molar-refractivity contribution in [1.29, 1.82) is 0 Å². The van der Waals surface area contributed by atoms with Crippen LogP contribution in [0.15, 0.2) is 18.2 Å². The third kappa shape index (κ3) is 7.42. The molecule has 0 atom stereocenters. The fourth-order valence-corrected chi connectivity index (χ4v) is 4.13. The van der Waals surface area contributed by atoms with Gasteiger partial charge in [0.25, 0.3) is 0 Å². The van der Waals surface area contributed by atoms with E-state index < -0.39 is 7.26 Å². The van der Waals surface area contributed by atoms with Gasteiger partial charge < -0.3 is 36.3 Å². The second kappa shape index (κ2) is 10.6. The van der Waals surface area contributed by atoms with Crippen LogP contribution in [0.4, 0.5) is 0 Å². The van der Waals surface area contributed by atoms with Crippen LogP contribution >= 0.6 is 7.26 Å². The molecule has 0 fully saturated rings. The Balaban J connectivity index is 0.00000441. The molecule has 0 amide bonds. The molecule has 0 saturated heterocycles. The van der Waals surface area contributed by atoms with E-state index in [4.69, 9.17) is 14.2 Å². The Labute approximate surface area is 147 Å². The van der Waals surface area contributed by atoms with E-state index in [0.717, 1.165) is 23.5 Å². The van der Waals surface area contributed by atoms with Crippen LogP contribution in [-0.4, -0.2) is 61.4 Å². The van der Waals surface area contributed by atoms with E-state index in [9.17, 15) is 5.11 Å². The van der Waals surface area contributed by atoms with Crippen molar-refractivity contribution in [2.45, 2.75) is 18.4 Å². The average molecular weight is 409 g/mol. The summed E-state index contributed by atoms with van der Waals surface area (Å²) in [7, 11) is 2.70. The predicted octanol–water partition coefficient (Wildman–Crippen LogP) is -0.604. The van der Waals surface area contributed by atoms with Crippen LogP contribution in [-0.2, 0) is 9.47 Å². The largest absolute Gasteiger partial charge is 1.00 e. The molecule has 22 heavy (non-hydrogen) atoms. The van der Waals surface area contributed by atoms with Crippen LogP contribution in [0.25, 0.3) is 0 Å². The van der Waals surface area contributed by atoms with Crippen LogP contribution in [0.1, 0.15) is 6.42 Å². The highest BCUT2D eigenvalue weighted by Crippen LogP contribution is 2.48. The number of hydrogen-bond donors (Lipinski definition) is 1. The van der Waals surface area contributed by atoms with Crippen molar-refractivity contribution in [1.82, 2.24) is 0 Å². The van der Waals surface area contributed by atoms with Crippen LogP contribution in [0.5, 0.6) is 11.5 Å². The number of phenolic OH excluding ortho intramolecular Hbond substituents is 1. The highest BCUT2D eigenvalue weighted by molar-refractivity contribution is 7.81. The molecular weight excluding hydrogens is 383 g/mol. The van der Waals surface area contributed by atoms with E-state index in [1.54, 1.807) is 20.3 Å². The van der Waals surface area contributed by atoms with Crippen LogP contribution < -0.4 is 27.0 Å². The Hall–Kier alpha value is -0.133. The first-order chi connectivity index (χ1) is 9.88. The first kappa shape index (κ1) is 21.9. The van der Waals surface area contributed by atoms with Gasteiger partial charge in [0, 0.05) is 27.5 Å². The first-order valence-corrected chi connectivity index (χ1v) is 11.4. The van der Waals surface area contributed by atoms with Crippen LogP contribution in [0, 0.1) is 0 Å². The lowest BCUT2D eigenvalue weighted by Gasteiger charge is -2.17. The number of benzene rings is 1. The summed E-state index contributed by atoms with van der Waals surface area (Å²) in [5.74, 6) is 1.10. The molecule has 1 N–H and O–H groups in total.